The van der Waals surface area contributed by atoms with Crippen LogP contribution in [-0.4, -0.2) is 51.9 Å². The third-order valence-electron chi connectivity index (χ3n) is 9.39. The van der Waals surface area contributed by atoms with Crippen molar-refractivity contribution in [2.75, 3.05) is 25.1 Å². The van der Waals surface area contributed by atoms with E-state index < -0.39 is 0 Å². The summed E-state index contributed by atoms with van der Waals surface area (Å²) in [6.45, 7) is 9.02. The average Bonchev–Trinajstić information content (AvgIpc) is 2.95. The lowest BCUT2D eigenvalue weighted by molar-refractivity contribution is -0.00922. The van der Waals surface area contributed by atoms with Crippen LogP contribution < -0.4 is 9.64 Å². The quantitative estimate of drug-likeness (QED) is 0.191. The van der Waals surface area contributed by atoms with E-state index in [2.05, 4.69) is 59.8 Å². The van der Waals surface area contributed by atoms with Gasteiger partial charge in [0.1, 0.15) is 11.4 Å². The minimum atomic E-state index is -0.216. The van der Waals surface area contributed by atoms with Gasteiger partial charge < -0.3 is 29.5 Å². The van der Waals surface area contributed by atoms with E-state index in [1.807, 2.05) is 24.5 Å². The summed E-state index contributed by atoms with van der Waals surface area (Å²) in [7, 11) is 1.71. The lowest BCUT2D eigenvalue weighted by atomic mass is 9.79. The number of allylic oxidation sites excluding steroid dienone is 1. The molecule has 1 saturated heterocycles. The van der Waals surface area contributed by atoms with E-state index in [0.29, 0.717) is 18.5 Å². The molecule has 2 saturated carbocycles. The van der Waals surface area contributed by atoms with Crippen LogP contribution in [0.2, 0.25) is 0 Å². The number of phenols is 2. The number of piperidine rings is 1. The number of nitrogens with zero attached hydrogens (tertiary/aromatic N) is 3. The molecule has 6 rings (SSSR count). The Bertz CT molecular complexity index is 1490. The molecule has 3 fully saturated rings. The van der Waals surface area contributed by atoms with Gasteiger partial charge in [-0.15, -0.1) is 0 Å². The van der Waals surface area contributed by atoms with Gasteiger partial charge in [0.05, 0.1) is 7.11 Å². The van der Waals surface area contributed by atoms with Gasteiger partial charge in [-0.05, 0) is 119 Å². The maximum atomic E-state index is 10.6. The number of aromatic hydroxyl groups is 2. The summed E-state index contributed by atoms with van der Waals surface area (Å²) in [5, 5.41) is 21.1. The first-order chi connectivity index (χ1) is 21.2. The largest absolute Gasteiger partial charge is 0.504 e. The Labute approximate surface area is 262 Å². The van der Waals surface area contributed by atoms with Gasteiger partial charge in [-0.2, -0.15) is 0 Å². The molecule has 0 spiro atoms. The number of rotatable bonds is 9. The minimum absolute atomic E-state index is 0.0158. The van der Waals surface area contributed by atoms with Crippen molar-refractivity contribution in [2.24, 2.45) is 0 Å². The molecule has 0 atom stereocenters. The molecule has 7 heteroatoms. The highest BCUT2D eigenvalue weighted by molar-refractivity contribution is 5.69. The minimum Gasteiger partial charge on any atom is -0.504 e. The van der Waals surface area contributed by atoms with E-state index in [9.17, 15) is 10.2 Å². The van der Waals surface area contributed by atoms with E-state index in [1.165, 1.54) is 12.0 Å². The average molecular weight is 598 g/mol. The first-order valence-electron chi connectivity index (χ1n) is 16.3. The Kier molecular flexibility index (Phi) is 8.66. The predicted octanol–water partition coefficient (Wildman–Crippen LogP) is 8.12. The number of methoxy groups -OCH3 is 1. The fourth-order valence-electron chi connectivity index (χ4n) is 6.59. The molecule has 0 bridgehead atoms. The van der Waals surface area contributed by atoms with Crippen molar-refractivity contribution in [3.8, 4) is 28.4 Å². The molecule has 2 heterocycles. The normalized spacial score (nSPS) is 17.5. The van der Waals surface area contributed by atoms with Gasteiger partial charge in [-0.3, -0.25) is 4.98 Å². The van der Waals surface area contributed by atoms with Crippen LogP contribution in [0.15, 0.2) is 66.3 Å². The van der Waals surface area contributed by atoms with Crippen LogP contribution in [-0.2, 0) is 11.3 Å². The molecule has 0 amide bonds. The number of ether oxygens (including phenoxy) is 2. The molecular formula is C37H47N3O4. The summed E-state index contributed by atoms with van der Waals surface area (Å²) >= 11 is 0. The molecule has 234 valence electrons. The maximum Gasteiger partial charge on any atom is 0.188 e. The topological polar surface area (TPSA) is 78.3 Å². The lowest BCUT2D eigenvalue weighted by Gasteiger charge is -2.43. The Morgan fingerprint density at radius 3 is 2.36 bits per heavy atom. The van der Waals surface area contributed by atoms with Crippen LogP contribution in [0.3, 0.4) is 0 Å². The number of hydrogen-bond donors (Lipinski definition) is 2. The summed E-state index contributed by atoms with van der Waals surface area (Å²) in [6.07, 6.45) is 12.6. The molecular weight excluding hydrogens is 550 g/mol. The predicted molar refractivity (Wildman–Crippen MR) is 175 cm³/mol. The van der Waals surface area contributed by atoms with Gasteiger partial charge in [-0.25, -0.2) is 0 Å². The zero-order valence-electron chi connectivity index (χ0n) is 26.7. The molecule has 0 radical (unpaired) electrons. The third kappa shape index (κ3) is 6.62. The zero-order chi connectivity index (χ0) is 30.8. The smallest absolute Gasteiger partial charge is 0.188 e. The third-order valence-corrected chi connectivity index (χ3v) is 9.39. The molecule has 2 aromatic carbocycles. The number of aromatic nitrogens is 1. The molecule has 3 aromatic rings. The van der Waals surface area contributed by atoms with Crippen LogP contribution in [0.4, 0.5) is 5.69 Å². The second kappa shape index (κ2) is 12.6. The van der Waals surface area contributed by atoms with E-state index in [4.69, 9.17) is 9.47 Å². The molecule has 0 unspecified atom stereocenters. The van der Waals surface area contributed by atoms with E-state index in [-0.39, 0.29) is 17.1 Å². The van der Waals surface area contributed by atoms with Crippen LogP contribution >= 0.6 is 0 Å². The molecule has 3 aliphatic rings. The van der Waals surface area contributed by atoms with Crippen LogP contribution in [0.5, 0.6) is 17.2 Å². The Morgan fingerprint density at radius 2 is 1.73 bits per heavy atom. The van der Waals surface area contributed by atoms with E-state index in [0.717, 1.165) is 97.6 Å². The van der Waals surface area contributed by atoms with Crippen LogP contribution in [0.25, 0.3) is 11.1 Å². The number of phenolic OH excluding ortho intramolecular Hbond substituents is 2. The van der Waals surface area contributed by atoms with Crippen molar-refractivity contribution in [2.45, 2.75) is 96.2 Å². The van der Waals surface area contributed by atoms with Gasteiger partial charge in [0.15, 0.2) is 17.4 Å². The number of anilines is 1. The zero-order valence-corrected chi connectivity index (χ0v) is 26.7. The Balaban J connectivity index is 1.25. The van der Waals surface area contributed by atoms with Crippen molar-refractivity contribution in [3.63, 3.8) is 0 Å². The highest BCUT2D eigenvalue weighted by Crippen LogP contribution is 2.46. The van der Waals surface area contributed by atoms with Crippen molar-refractivity contribution >= 4 is 5.69 Å². The number of hydrogen-bond acceptors (Lipinski definition) is 7. The van der Waals surface area contributed by atoms with Gasteiger partial charge in [0, 0.05) is 61.0 Å². The van der Waals surface area contributed by atoms with Crippen molar-refractivity contribution in [1.29, 1.82) is 0 Å². The SMILES string of the molecule is COc1cccc(N(Cc2cncc(-c3cc(O)c(O)c(C4CCC4)c3)c2)C2CCN(C(OC(C)(C)C)=C3CCC3)CC2)c1. The van der Waals surface area contributed by atoms with Gasteiger partial charge in [0.2, 0.25) is 0 Å². The highest BCUT2D eigenvalue weighted by Gasteiger charge is 2.31. The second-order valence-corrected chi connectivity index (χ2v) is 13.7. The maximum absolute atomic E-state index is 10.6. The van der Waals surface area contributed by atoms with Crippen molar-refractivity contribution in [1.82, 2.24) is 9.88 Å². The summed E-state index contributed by atoms with van der Waals surface area (Å²) in [6, 6.07) is 14.5. The standard InChI is InChI=1S/C37H47N3O4/c1-37(2,3)44-36(27-10-6-11-27)39-16-14-30(15-17-39)40(31-12-7-13-32(21-31)43-4)24-25-18-29(23-38-22-25)28-19-33(26-8-5-9-26)35(42)34(41)20-28/h7,12-13,18-23,26,30,41-42H,5-6,8-11,14-17,24H2,1-4H3. The van der Waals surface area contributed by atoms with Gasteiger partial charge in [-0.1, -0.05) is 12.5 Å². The summed E-state index contributed by atoms with van der Waals surface area (Å²) in [4.78, 5) is 9.59. The Hall–Kier alpha value is -3.87. The first kappa shape index (κ1) is 30.2. The molecule has 44 heavy (non-hydrogen) atoms. The van der Waals surface area contributed by atoms with Gasteiger partial charge in [0.25, 0.3) is 0 Å². The molecule has 1 aliphatic heterocycles. The second-order valence-electron chi connectivity index (χ2n) is 13.7. The number of pyridine rings is 1. The summed E-state index contributed by atoms with van der Waals surface area (Å²) in [5.41, 5.74) is 6.14. The number of benzene rings is 2. The fourth-order valence-corrected chi connectivity index (χ4v) is 6.59. The van der Waals surface area contributed by atoms with E-state index >= 15 is 0 Å². The van der Waals surface area contributed by atoms with Gasteiger partial charge >= 0.3 is 0 Å². The fraction of sp³-hybridized carbons (Fsp3) is 0.486. The van der Waals surface area contributed by atoms with Crippen LogP contribution in [0.1, 0.15) is 89.2 Å². The molecule has 1 aromatic heterocycles. The van der Waals surface area contributed by atoms with Crippen LogP contribution in [0, 0.1) is 0 Å². The summed E-state index contributed by atoms with van der Waals surface area (Å²) < 4.78 is 12.1. The van der Waals surface area contributed by atoms with E-state index in [1.54, 1.807) is 13.2 Å². The Morgan fingerprint density at radius 1 is 0.955 bits per heavy atom. The monoisotopic (exact) mass is 597 g/mol. The first-order valence-corrected chi connectivity index (χ1v) is 16.3. The van der Waals surface area contributed by atoms with Crippen molar-refractivity contribution < 1.29 is 19.7 Å². The number of likely N-dealkylation sites (tertiary alicyclic amines) is 1. The highest BCUT2D eigenvalue weighted by atomic mass is 16.5. The van der Waals surface area contributed by atoms with Crippen molar-refractivity contribution in [3.05, 3.63) is 77.4 Å². The molecule has 7 nitrogen and oxygen atoms in total. The molecule has 2 N–H and O–H groups in total. The molecule has 2 aliphatic carbocycles. The summed E-state index contributed by atoms with van der Waals surface area (Å²) in [5.74, 6) is 2.22. The lowest BCUT2D eigenvalue weighted by Crippen LogP contribution is -2.46.